The van der Waals surface area contributed by atoms with Crippen molar-refractivity contribution in [1.29, 1.82) is 0 Å². The first-order valence-electron chi connectivity index (χ1n) is 9.70. The smallest absolute Gasteiger partial charge is 0.407 e. The van der Waals surface area contributed by atoms with Crippen LogP contribution < -0.4 is 5.32 Å². The van der Waals surface area contributed by atoms with Gasteiger partial charge in [-0.25, -0.2) is 18.0 Å². The van der Waals surface area contributed by atoms with Crippen molar-refractivity contribution in [3.63, 3.8) is 0 Å². The van der Waals surface area contributed by atoms with Crippen molar-refractivity contribution in [3.05, 3.63) is 59.4 Å². The van der Waals surface area contributed by atoms with Crippen LogP contribution in [0.15, 0.2) is 36.4 Å². The summed E-state index contributed by atoms with van der Waals surface area (Å²) in [4.78, 5) is 14.9. The Labute approximate surface area is 170 Å². The molecular formula is C22H21F3N2O3. The number of aliphatic hydroxyl groups excluding tert-OH is 1. The Morgan fingerprint density at radius 3 is 2.57 bits per heavy atom. The number of carbonyl (C=O) groups is 1. The molecular weight excluding hydrogens is 397 g/mol. The zero-order valence-corrected chi connectivity index (χ0v) is 16.2. The summed E-state index contributed by atoms with van der Waals surface area (Å²) in [6, 6.07) is 7.44. The van der Waals surface area contributed by atoms with Gasteiger partial charge in [0.15, 0.2) is 0 Å². The summed E-state index contributed by atoms with van der Waals surface area (Å²) in [5.41, 5.74) is 2.15. The van der Waals surface area contributed by atoms with Gasteiger partial charge in [-0.2, -0.15) is 0 Å². The number of nitrogens with one attached hydrogen (secondary N) is 2. The molecule has 2 aromatic carbocycles. The summed E-state index contributed by atoms with van der Waals surface area (Å²) >= 11 is 0. The summed E-state index contributed by atoms with van der Waals surface area (Å²) in [6.45, 7) is 1.45. The molecule has 1 saturated carbocycles. The van der Waals surface area contributed by atoms with Crippen molar-refractivity contribution in [2.24, 2.45) is 0 Å². The minimum Gasteiger partial charge on any atom is -0.446 e. The second-order valence-electron chi connectivity index (χ2n) is 7.65. The lowest BCUT2D eigenvalue weighted by atomic mass is 9.75. The van der Waals surface area contributed by atoms with Crippen LogP contribution in [0.5, 0.6) is 0 Å². The minimum absolute atomic E-state index is 0.0898. The fourth-order valence-corrected chi connectivity index (χ4v) is 3.84. The maximum Gasteiger partial charge on any atom is 0.407 e. The van der Waals surface area contributed by atoms with Crippen molar-refractivity contribution < 1.29 is 27.8 Å². The number of rotatable bonds is 5. The molecule has 0 spiro atoms. The number of amides is 1. The van der Waals surface area contributed by atoms with Gasteiger partial charge >= 0.3 is 6.09 Å². The molecule has 0 radical (unpaired) electrons. The maximum atomic E-state index is 14.4. The average molecular weight is 418 g/mol. The molecule has 1 amide bonds. The number of aromatic nitrogens is 1. The van der Waals surface area contributed by atoms with Crippen molar-refractivity contribution in [2.75, 3.05) is 6.61 Å². The van der Waals surface area contributed by atoms with E-state index in [0.29, 0.717) is 29.5 Å². The normalized spacial score (nSPS) is 19.4. The van der Waals surface area contributed by atoms with Crippen molar-refractivity contribution in [2.45, 2.75) is 37.8 Å². The lowest BCUT2D eigenvalue weighted by molar-refractivity contribution is 0.0370. The number of halogens is 3. The van der Waals surface area contributed by atoms with E-state index in [-0.39, 0.29) is 24.1 Å². The van der Waals surface area contributed by atoms with Gasteiger partial charge in [0, 0.05) is 11.5 Å². The predicted molar refractivity (Wildman–Crippen MR) is 106 cm³/mol. The van der Waals surface area contributed by atoms with Crippen LogP contribution in [0.1, 0.15) is 31.2 Å². The molecule has 1 fully saturated rings. The van der Waals surface area contributed by atoms with E-state index in [4.69, 9.17) is 9.84 Å². The number of ether oxygens (including phenoxy) is 1. The molecule has 1 aromatic heterocycles. The fourth-order valence-electron chi connectivity index (χ4n) is 3.84. The second-order valence-corrected chi connectivity index (χ2v) is 7.65. The number of aromatic amines is 1. The first-order valence-corrected chi connectivity index (χ1v) is 9.70. The summed E-state index contributed by atoms with van der Waals surface area (Å²) < 4.78 is 47.0. The Kier molecular flexibility index (Phi) is 5.42. The quantitative estimate of drug-likeness (QED) is 0.567. The van der Waals surface area contributed by atoms with E-state index >= 15 is 0 Å². The highest BCUT2D eigenvalue weighted by atomic mass is 19.1. The maximum absolute atomic E-state index is 14.4. The molecule has 1 aliphatic carbocycles. The summed E-state index contributed by atoms with van der Waals surface area (Å²) in [7, 11) is 0. The highest BCUT2D eigenvalue weighted by Crippen LogP contribution is 2.46. The third kappa shape index (κ3) is 3.87. The van der Waals surface area contributed by atoms with E-state index in [0.717, 1.165) is 11.6 Å². The highest BCUT2D eigenvalue weighted by molar-refractivity contribution is 5.92. The van der Waals surface area contributed by atoms with Gasteiger partial charge in [0.2, 0.25) is 0 Å². The first-order chi connectivity index (χ1) is 14.4. The molecule has 1 heterocycles. The lowest BCUT2D eigenvalue weighted by Crippen LogP contribution is -2.40. The summed E-state index contributed by atoms with van der Waals surface area (Å²) in [5.74, 6) is -1.87. The van der Waals surface area contributed by atoms with Gasteiger partial charge in [-0.3, -0.25) is 0 Å². The largest absolute Gasteiger partial charge is 0.446 e. The number of hydrogen-bond donors (Lipinski definition) is 3. The molecule has 30 heavy (non-hydrogen) atoms. The number of fused-ring (bicyclic) bond motifs is 1. The lowest BCUT2D eigenvalue weighted by Gasteiger charge is -2.35. The summed E-state index contributed by atoms with van der Waals surface area (Å²) in [5, 5.41) is 11.9. The van der Waals surface area contributed by atoms with E-state index in [2.05, 4.69) is 10.3 Å². The predicted octanol–water partition coefficient (Wildman–Crippen LogP) is 4.61. The Hall–Kier alpha value is -3.00. The van der Waals surface area contributed by atoms with E-state index in [1.807, 2.05) is 0 Å². The first kappa shape index (κ1) is 20.3. The van der Waals surface area contributed by atoms with E-state index in [1.54, 1.807) is 19.1 Å². The van der Waals surface area contributed by atoms with Gasteiger partial charge in [0.05, 0.1) is 23.9 Å². The Bertz CT molecular complexity index is 1080. The molecule has 0 saturated heterocycles. The topological polar surface area (TPSA) is 74.3 Å². The molecule has 4 rings (SSSR count). The van der Waals surface area contributed by atoms with E-state index < -0.39 is 29.6 Å². The second kappa shape index (κ2) is 8.02. The average Bonchev–Trinajstić information content (AvgIpc) is 3.04. The number of H-pyrrole nitrogens is 1. The molecule has 5 nitrogen and oxygen atoms in total. The Balaban J connectivity index is 1.63. The van der Waals surface area contributed by atoms with Crippen LogP contribution >= 0.6 is 0 Å². The van der Waals surface area contributed by atoms with Gasteiger partial charge in [0.25, 0.3) is 0 Å². The van der Waals surface area contributed by atoms with Crippen LogP contribution in [0.4, 0.5) is 18.0 Å². The van der Waals surface area contributed by atoms with Crippen LogP contribution in [-0.4, -0.2) is 34.9 Å². The molecule has 1 aliphatic rings. The zero-order valence-electron chi connectivity index (χ0n) is 16.2. The number of carbonyl (C=O) groups excluding carboxylic acids is 1. The van der Waals surface area contributed by atoms with E-state index in [9.17, 15) is 18.0 Å². The molecule has 3 aromatic rings. The van der Waals surface area contributed by atoms with Crippen molar-refractivity contribution >= 4 is 17.0 Å². The van der Waals surface area contributed by atoms with Gasteiger partial charge in [0.1, 0.15) is 23.6 Å². The summed E-state index contributed by atoms with van der Waals surface area (Å²) in [6.07, 6.45) is 0.0144. The number of alkyl carbamates (subject to hydrolysis) is 1. The molecule has 3 N–H and O–H groups in total. The number of benzene rings is 2. The van der Waals surface area contributed by atoms with Gasteiger partial charge in [-0.15, -0.1) is 0 Å². The molecule has 0 aliphatic heterocycles. The third-order valence-corrected chi connectivity index (χ3v) is 5.41. The standard InChI is InChI=1S/C22H21F3N2O3/c1-11(10-28)26-22(29)30-16-6-13(7-16)19-17-8-15(24)9-18(25)21(17)27-20(19)12-2-4-14(23)5-3-12/h2-5,8-9,11,13,16,27-28H,6-7,10H2,1H3,(H,26,29)/t11-,13?,16?/m1/s1. The SMILES string of the molecule is C[C@H](CO)NC(=O)OC1CC(c2c(-c3ccc(F)cc3)[nH]c3c(F)cc(F)cc23)C1. The van der Waals surface area contributed by atoms with Crippen LogP contribution in [0, 0.1) is 17.5 Å². The van der Waals surface area contributed by atoms with Crippen LogP contribution in [0.3, 0.4) is 0 Å². The zero-order chi connectivity index (χ0) is 21.4. The molecule has 8 heteroatoms. The third-order valence-electron chi connectivity index (χ3n) is 5.41. The Morgan fingerprint density at radius 1 is 1.20 bits per heavy atom. The number of hydrogen-bond acceptors (Lipinski definition) is 3. The number of aliphatic hydroxyl groups is 1. The fraction of sp³-hybridized carbons (Fsp3) is 0.318. The highest BCUT2D eigenvalue weighted by Gasteiger charge is 2.37. The van der Waals surface area contributed by atoms with Crippen LogP contribution in [0.2, 0.25) is 0 Å². The van der Waals surface area contributed by atoms with Crippen molar-refractivity contribution in [1.82, 2.24) is 10.3 Å². The molecule has 0 unspecified atom stereocenters. The van der Waals surface area contributed by atoms with Crippen LogP contribution in [0.25, 0.3) is 22.2 Å². The van der Waals surface area contributed by atoms with E-state index in [1.165, 1.54) is 18.2 Å². The monoisotopic (exact) mass is 418 g/mol. The minimum atomic E-state index is -0.705. The van der Waals surface area contributed by atoms with Gasteiger partial charge in [-0.1, -0.05) is 0 Å². The molecule has 158 valence electrons. The van der Waals surface area contributed by atoms with Gasteiger partial charge in [-0.05, 0) is 67.1 Å². The molecule has 0 bridgehead atoms. The van der Waals surface area contributed by atoms with Crippen LogP contribution in [-0.2, 0) is 4.74 Å². The van der Waals surface area contributed by atoms with Crippen molar-refractivity contribution in [3.8, 4) is 11.3 Å². The molecule has 1 atom stereocenters. The Morgan fingerprint density at radius 2 is 1.90 bits per heavy atom. The van der Waals surface area contributed by atoms with Gasteiger partial charge < -0.3 is 20.1 Å².